The van der Waals surface area contributed by atoms with Crippen LogP contribution < -0.4 is 42.7 Å². The number of hydrazine groups is 1. The number of carbonyl (C=O) groups is 1. The summed E-state index contributed by atoms with van der Waals surface area (Å²) in [5, 5.41) is 21.8. The van der Waals surface area contributed by atoms with Crippen molar-refractivity contribution in [2.45, 2.75) is 12.8 Å². The standard InChI is InChI=1S/C19H19N7O3/c1-28-12-7-5-11(6-8-12)23-25-15(10-20)19(27)26-24-14-3-2-4-16-18(14)13(21)9-17(22)29-16/h4-9,21,23-24H,2-3,22H2,1H3,(H,26,27). The lowest BCUT2D eigenvalue weighted by molar-refractivity contribution is -0.115. The van der Waals surface area contributed by atoms with Crippen LogP contribution in [0.3, 0.4) is 0 Å². The average molecular weight is 393 g/mol. The minimum atomic E-state index is -0.726. The van der Waals surface area contributed by atoms with Crippen molar-refractivity contribution in [1.82, 2.24) is 10.9 Å². The van der Waals surface area contributed by atoms with E-state index in [1.165, 1.54) is 6.07 Å². The molecule has 1 heterocycles. The molecule has 0 radical (unpaired) electrons. The summed E-state index contributed by atoms with van der Waals surface area (Å²) in [5.74, 6) is 0.0843. The normalized spacial score (nSPS) is 12.8. The van der Waals surface area contributed by atoms with E-state index in [0.29, 0.717) is 40.6 Å². The second kappa shape index (κ2) is 8.62. The van der Waals surface area contributed by atoms with Crippen molar-refractivity contribution in [2.75, 3.05) is 18.3 Å². The number of nitrogens with two attached hydrogens (primary N) is 1. The summed E-state index contributed by atoms with van der Waals surface area (Å²) in [7, 11) is 1.55. The van der Waals surface area contributed by atoms with Crippen LogP contribution in [0.25, 0.3) is 11.8 Å². The van der Waals surface area contributed by atoms with E-state index in [-0.39, 0.29) is 17.0 Å². The molecule has 2 aromatic rings. The molecule has 10 heteroatoms. The van der Waals surface area contributed by atoms with Gasteiger partial charge in [-0.25, -0.2) is 0 Å². The molecule has 0 atom stereocenters. The zero-order valence-electron chi connectivity index (χ0n) is 15.6. The van der Waals surface area contributed by atoms with Gasteiger partial charge in [0.05, 0.1) is 23.4 Å². The first-order chi connectivity index (χ1) is 14.0. The number of nitrogen functional groups attached to an aromatic ring is 1. The van der Waals surface area contributed by atoms with Gasteiger partial charge in [-0.1, -0.05) is 0 Å². The number of hydrogen-bond donors (Lipinski definition) is 5. The molecule has 0 unspecified atom stereocenters. The van der Waals surface area contributed by atoms with Gasteiger partial charge in [-0.3, -0.25) is 21.1 Å². The van der Waals surface area contributed by atoms with Crippen LogP contribution in [0.5, 0.6) is 5.75 Å². The highest BCUT2D eigenvalue weighted by Gasteiger charge is 2.13. The number of fused-ring (bicyclic) bond motifs is 1. The summed E-state index contributed by atoms with van der Waals surface area (Å²) in [4.78, 5) is 12.3. The van der Waals surface area contributed by atoms with Gasteiger partial charge >= 0.3 is 5.91 Å². The van der Waals surface area contributed by atoms with Crippen molar-refractivity contribution in [2.24, 2.45) is 5.10 Å². The van der Waals surface area contributed by atoms with Gasteiger partial charge in [0.2, 0.25) is 5.71 Å². The molecule has 148 valence electrons. The minimum Gasteiger partial charge on any atom is -0.497 e. The Morgan fingerprint density at radius 3 is 2.83 bits per heavy atom. The molecular weight excluding hydrogens is 374 g/mol. The lowest BCUT2D eigenvalue weighted by atomic mass is 10.1. The number of nitrogens with one attached hydrogen (secondary N) is 4. The summed E-state index contributed by atoms with van der Waals surface area (Å²) in [6, 6.07) is 9.97. The van der Waals surface area contributed by atoms with Crippen molar-refractivity contribution in [3.63, 3.8) is 0 Å². The van der Waals surface area contributed by atoms with E-state index < -0.39 is 5.91 Å². The van der Waals surface area contributed by atoms with Crippen LogP contribution in [0.1, 0.15) is 12.8 Å². The van der Waals surface area contributed by atoms with Gasteiger partial charge in [0.1, 0.15) is 17.2 Å². The Bertz CT molecular complexity index is 1170. The topological polar surface area (TPSA) is 162 Å². The van der Waals surface area contributed by atoms with Crippen molar-refractivity contribution in [1.29, 1.82) is 10.7 Å². The average Bonchev–Trinajstić information content (AvgIpc) is 2.72. The Morgan fingerprint density at radius 2 is 2.14 bits per heavy atom. The predicted molar refractivity (Wildman–Crippen MR) is 106 cm³/mol. The van der Waals surface area contributed by atoms with Gasteiger partial charge in [-0.05, 0) is 43.2 Å². The number of benzene rings is 1. The molecule has 0 fully saturated rings. The summed E-state index contributed by atoms with van der Waals surface area (Å²) in [5.41, 5.74) is 14.7. The zero-order chi connectivity index (χ0) is 20.8. The molecule has 1 aromatic carbocycles. The van der Waals surface area contributed by atoms with E-state index >= 15 is 0 Å². The molecule has 3 rings (SSSR count). The summed E-state index contributed by atoms with van der Waals surface area (Å²) in [6.07, 6.45) is 3.04. The highest BCUT2D eigenvalue weighted by molar-refractivity contribution is 6.45. The highest BCUT2D eigenvalue weighted by atomic mass is 16.5. The highest BCUT2D eigenvalue weighted by Crippen LogP contribution is 2.14. The number of rotatable bonds is 6. The number of nitrogens with zero attached hydrogens (tertiary/aromatic N) is 2. The minimum absolute atomic E-state index is 0.138. The van der Waals surface area contributed by atoms with Crippen LogP contribution in [0.15, 0.2) is 39.9 Å². The number of ether oxygens (including phenoxy) is 1. The van der Waals surface area contributed by atoms with Crippen LogP contribution in [0.2, 0.25) is 0 Å². The maximum absolute atomic E-state index is 12.3. The molecule has 6 N–H and O–H groups in total. The number of methoxy groups -OCH3 is 1. The first-order valence-electron chi connectivity index (χ1n) is 8.63. The lowest BCUT2D eigenvalue weighted by Crippen LogP contribution is -2.49. The number of carbonyl (C=O) groups excluding carboxylic acids is 1. The van der Waals surface area contributed by atoms with Gasteiger partial charge in [0.25, 0.3) is 0 Å². The van der Waals surface area contributed by atoms with E-state index in [0.717, 1.165) is 0 Å². The van der Waals surface area contributed by atoms with Gasteiger partial charge in [-0.2, -0.15) is 10.4 Å². The van der Waals surface area contributed by atoms with E-state index in [4.69, 9.17) is 20.3 Å². The van der Waals surface area contributed by atoms with Crippen molar-refractivity contribution >= 4 is 35.0 Å². The second-order valence-electron chi connectivity index (χ2n) is 6.01. The van der Waals surface area contributed by atoms with Crippen LogP contribution in [-0.2, 0) is 4.79 Å². The fourth-order valence-electron chi connectivity index (χ4n) is 2.71. The first kappa shape index (κ1) is 19.5. The molecule has 0 aliphatic heterocycles. The quantitative estimate of drug-likeness (QED) is 0.331. The van der Waals surface area contributed by atoms with Gasteiger partial charge < -0.3 is 20.3 Å². The SMILES string of the molecule is COc1ccc(NN=C(C#N)C(=O)NNC2=c3c(=N)cc(N)oc3=CCC2)cc1. The predicted octanol–water partition coefficient (Wildman–Crippen LogP) is -0.355. The third-order valence-corrected chi connectivity index (χ3v) is 4.09. The lowest BCUT2D eigenvalue weighted by Gasteiger charge is -2.14. The number of amides is 1. The number of anilines is 2. The Kier molecular flexibility index (Phi) is 5.80. The van der Waals surface area contributed by atoms with E-state index in [1.807, 2.05) is 6.08 Å². The maximum atomic E-state index is 12.3. The Morgan fingerprint density at radius 1 is 1.38 bits per heavy atom. The third-order valence-electron chi connectivity index (χ3n) is 4.09. The monoisotopic (exact) mass is 393 g/mol. The van der Waals surface area contributed by atoms with Crippen LogP contribution in [0.4, 0.5) is 11.6 Å². The largest absolute Gasteiger partial charge is 0.497 e. The summed E-state index contributed by atoms with van der Waals surface area (Å²) in [6.45, 7) is 0. The first-order valence-corrected chi connectivity index (χ1v) is 8.63. The fourth-order valence-corrected chi connectivity index (χ4v) is 2.71. The molecule has 0 saturated carbocycles. The molecule has 29 heavy (non-hydrogen) atoms. The van der Waals surface area contributed by atoms with Crippen molar-refractivity contribution < 1.29 is 13.9 Å². The maximum Gasteiger partial charge on any atom is 0.300 e. The fraction of sp³-hybridized carbons (Fsp3) is 0.158. The second-order valence-corrected chi connectivity index (χ2v) is 6.01. The summed E-state index contributed by atoms with van der Waals surface area (Å²) < 4.78 is 10.5. The number of hydrazone groups is 1. The Hall–Kier alpha value is -4.26. The van der Waals surface area contributed by atoms with Crippen LogP contribution >= 0.6 is 0 Å². The third kappa shape index (κ3) is 4.54. The molecule has 0 saturated heterocycles. The summed E-state index contributed by atoms with van der Waals surface area (Å²) >= 11 is 0. The molecule has 1 aliphatic rings. The molecule has 10 nitrogen and oxygen atoms in total. The number of hydrogen-bond acceptors (Lipinski definition) is 9. The molecule has 0 spiro atoms. The van der Waals surface area contributed by atoms with E-state index in [1.54, 1.807) is 37.4 Å². The van der Waals surface area contributed by atoms with Gasteiger partial charge in [0.15, 0.2) is 5.88 Å². The molecule has 1 aliphatic carbocycles. The Balaban J connectivity index is 1.73. The van der Waals surface area contributed by atoms with Crippen molar-refractivity contribution in [3.8, 4) is 11.8 Å². The molecular formula is C19H19N7O3. The van der Waals surface area contributed by atoms with Gasteiger partial charge in [0, 0.05) is 11.8 Å². The van der Waals surface area contributed by atoms with Gasteiger partial charge in [-0.15, -0.1) is 0 Å². The van der Waals surface area contributed by atoms with Crippen molar-refractivity contribution in [3.05, 3.63) is 46.3 Å². The smallest absolute Gasteiger partial charge is 0.300 e. The van der Waals surface area contributed by atoms with E-state index in [9.17, 15) is 10.1 Å². The zero-order valence-corrected chi connectivity index (χ0v) is 15.6. The molecule has 0 bridgehead atoms. The number of nitriles is 1. The van der Waals surface area contributed by atoms with E-state index in [2.05, 4.69) is 21.4 Å². The Labute approximate surface area is 165 Å². The van der Waals surface area contributed by atoms with Crippen LogP contribution in [-0.4, -0.2) is 18.7 Å². The van der Waals surface area contributed by atoms with Crippen LogP contribution in [0, 0.1) is 16.7 Å². The molecule has 1 amide bonds. The molecule has 1 aromatic heterocycles.